The third-order valence-corrected chi connectivity index (χ3v) is 4.17. The van der Waals surface area contributed by atoms with Crippen molar-refractivity contribution in [3.63, 3.8) is 0 Å². The largest absolute Gasteiger partial charge is 0.457 e. The molecule has 0 amide bonds. The summed E-state index contributed by atoms with van der Waals surface area (Å²) in [6.45, 7) is 0. The van der Waals surface area contributed by atoms with E-state index < -0.39 is 0 Å². The Morgan fingerprint density at radius 2 is 1.37 bits per heavy atom. The molecule has 132 valence electrons. The second-order valence-electron chi connectivity index (χ2n) is 5.85. The van der Waals surface area contributed by atoms with Crippen molar-refractivity contribution in [1.29, 1.82) is 0 Å². The standard InChI is InChI=1S/C22H16ClN3O/c23-18-6-10-20(11-7-18)27-19-8-4-16(5-9-19)17-12-14-25-22(15-17)26-21-3-1-2-13-24-21/h1-15H,(H,24,25,26). The third kappa shape index (κ3) is 4.43. The van der Waals surface area contributed by atoms with Gasteiger partial charge in [0.2, 0.25) is 0 Å². The van der Waals surface area contributed by atoms with Crippen LogP contribution in [0.5, 0.6) is 11.5 Å². The molecule has 0 aliphatic rings. The lowest BCUT2D eigenvalue weighted by atomic mass is 10.1. The van der Waals surface area contributed by atoms with Crippen molar-refractivity contribution in [3.05, 3.63) is 96.3 Å². The molecule has 4 nitrogen and oxygen atoms in total. The van der Waals surface area contributed by atoms with Crippen LogP contribution in [0.25, 0.3) is 11.1 Å². The molecule has 2 aromatic heterocycles. The van der Waals surface area contributed by atoms with Crippen LogP contribution in [0, 0.1) is 0 Å². The molecule has 2 heterocycles. The number of rotatable bonds is 5. The van der Waals surface area contributed by atoms with Crippen molar-refractivity contribution < 1.29 is 4.74 Å². The van der Waals surface area contributed by atoms with Gasteiger partial charge in [-0.2, -0.15) is 0 Å². The predicted octanol–water partition coefficient (Wildman–Crippen LogP) is 6.33. The zero-order valence-corrected chi connectivity index (χ0v) is 15.1. The predicted molar refractivity (Wildman–Crippen MR) is 109 cm³/mol. The molecule has 2 aromatic carbocycles. The van der Waals surface area contributed by atoms with Crippen molar-refractivity contribution in [2.24, 2.45) is 0 Å². The monoisotopic (exact) mass is 373 g/mol. The summed E-state index contributed by atoms with van der Waals surface area (Å²) in [4.78, 5) is 8.61. The van der Waals surface area contributed by atoms with Crippen LogP contribution in [0.4, 0.5) is 11.6 Å². The Balaban J connectivity index is 1.50. The molecule has 0 saturated carbocycles. The van der Waals surface area contributed by atoms with Gasteiger partial charge in [0.05, 0.1) is 0 Å². The number of anilines is 2. The summed E-state index contributed by atoms with van der Waals surface area (Å²) in [7, 11) is 0. The van der Waals surface area contributed by atoms with Crippen LogP contribution in [-0.2, 0) is 0 Å². The average molecular weight is 374 g/mol. The van der Waals surface area contributed by atoms with Gasteiger partial charge in [0.15, 0.2) is 0 Å². The van der Waals surface area contributed by atoms with Crippen LogP contribution in [-0.4, -0.2) is 9.97 Å². The van der Waals surface area contributed by atoms with E-state index in [1.807, 2.05) is 66.7 Å². The van der Waals surface area contributed by atoms with Gasteiger partial charge in [-0.05, 0) is 71.8 Å². The minimum atomic E-state index is 0.686. The maximum Gasteiger partial charge on any atom is 0.132 e. The Hall–Kier alpha value is -3.37. The van der Waals surface area contributed by atoms with Crippen molar-refractivity contribution in [1.82, 2.24) is 9.97 Å². The van der Waals surface area contributed by atoms with Crippen molar-refractivity contribution in [2.75, 3.05) is 5.32 Å². The van der Waals surface area contributed by atoms with Gasteiger partial charge in [-0.25, -0.2) is 9.97 Å². The molecule has 0 bridgehead atoms. The van der Waals surface area contributed by atoms with Crippen molar-refractivity contribution in [3.8, 4) is 22.6 Å². The Labute approximate surface area is 162 Å². The van der Waals surface area contributed by atoms with E-state index in [0.717, 1.165) is 34.3 Å². The smallest absolute Gasteiger partial charge is 0.132 e. The molecule has 5 heteroatoms. The van der Waals surface area contributed by atoms with Crippen LogP contribution >= 0.6 is 11.6 Å². The Morgan fingerprint density at radius 3 is 2.07 bits per heavy atom. The van der Waals surface area contributed by atoms with Gasteiger partial charge in [-0.3, -0.25) is 0 Å². The Morgan fingerprint density at radius 1 is 0.667 bits per heavy atom. The molecule has 0 aliphatic carbocycles. The van der Waals surface area contributed by atoms with Crippen LogP contribution < -0.4 is 10.1 Å². The Bertz CT molecular complexity index is 1020. The third-order valence-electron chi connectivity index (χ3n) is 3.92. The molecule has 27 heavy (non-hydrogen) atoms. The van der Waals surface area contributed by atoms with Gasteiger partial charge in [0, 0.05) is 17.4 Å². The van der Waals surface area contributed by atoms with E-state index in [1.54, 1.807) is 24.5 Å². The molecule has 0 atom stereocenters. The number of hydrogen-bond donors (Lipinski definition) is 1. The van der Waals surface area contributed by atoms with Gasteiger partial charge in [0.25, 0.3) is 0 Å². The van der Waals surface area contributed by atoms with Gasteiger partial charge >= 0.3 is 0 Å². The van der Waals surface area contributed by atoms with Crippen molar-refractivity contribution >= 4 is 23.2 Å². The maximum absolute atomic E-state index is 5.90. The zero-order chi connectivity index (χ0) is 18.5. The first-order valence-electron chi connectivity index (χ1n) is 8.44. The number of ether oxygens (including phenoxy) is 1. The van der Waals surface area contributed by atoms with Crippen molar-refractivity contribution in [2.45, 2.75) is 0 Å². The fraction of sp³-hybridized carbons (Fsp3) is 0. The SMILES string of the molecule is Clc1ccc(Oc2ccc(-c3ccnc(Nc4ccccn4)c3)cc2)cc1. The highest BCUT2D eigenvalue weighted by Gasteiger charge is 2.03. The number of benzene rings is 2. The number of aromatic nitrogens is 2. The summed E-state index contributed by atoms with van der Waals surface area (Å²) in [6.07, 6.45) is 3.52. The molecule has 0 radical (unpaired) electrons. The van der Waals surface area contributed by atoms with E-state index in [9.17, 15) is 0 Å². The first kappa shape index (κ1) is 17.1. The minimum Gasteiger partial charge on any atom is -0.457 e. The molecule has 0 saturated heterocycles. The summed E-state index contributed by atoms with van der Waals surface area (Å²) in [5.41, 5.74) is 2.13. The highest BCUT2D eigenvalue weighted by molar-refractivity contribution is 6.30. The quantitative estimate of drug-likeness (QED) is 0.443. The lowest BCUT2D eigenvalue weighted by molar-refractivity contribution is 0.483. The minimum absolute atomic E-state index is 0.686. The first-order valence-corrected chi connectivity index (χ1v) is 8.82. The number of nitrogens with zero attached hydrogens (tertiary/aromatic N) is 2. The molecular formula is C22H16ClN3O. The first-order chi connectivity index (χ1) is 13.3. The van der Waals surface area contributed by atoms with Crippen LogP contribution in [0.1, 0.15) is 0 Å². The normalized spacial score (nSPS) is 10.4. The molecule has 0 unspecified atom stereocenters. The van der Waals surface area contributed by atoms with E-state index in [-0.39, 0.29) is 0 Å². The molecule has 0 aliphatic heterocycles. The second kappa shape index (κ2) is 7.89. The summed E-state index contributed by atoms with van der Waals surface area (Å²) in [5, 5.41) is 3.89. The molecule has 0 fully saturated rings. The summed E-state index contributed by atoms with van der Waals surface area (Å²) in [5.74, 6) is 3.02. The van der Waals surface area contributed by atoms with Gasteiger partial charge in [0.1, 0.15) is 23.1 Å². The highest BCUT2D eigenvalue weighted by atomic mass is 35.5. The lowest BCUT2D eigenvalue weighted by Crippen LogP contribution is -1.95. The lowest BCUT2D eigenvalue weighted by Gasteiger charge is -2.09. The number of pyridine rings is 2. The number of halogens is 1. The fourth-order valence-corrected chi connectivity index (χ4v) is 2.73. The summed E-state index contributed by atoms with van der Waals surface area (Å²) < 4.78 is 5.84. The van der Waals surface area contributed by atoms with E-state index in [1.165, 1.54) is 0 Å². The topological polar surface area (TPSA) is 47.0 Å². The van der Waals surface area contributed by atoms with Gasteiger partial charge < -0.3 is 10.1 Å². The van der Waals surface area contributed by atoms with Crippen LogP contribution in [0.3, 0.4) is 0 Å². The van der Waals surface area contributed by atoms with E-state index in [0.29, 0.717) is 5.02 Å². The number of nitrogens with one attached hydrogen (secondary N) is 1. The van der Waals surface area contributed by atoms with Gasteiger partial charge in [-0.1, -0.05) is 29.8 Å². The van der Waals surface area contributed by atoms with E-state index in [2.05, 4.69) is 15.3 Å². The highest BCUT2D eigenvalue weighted by Crippen LogP contribution is 2.27. The maximum atomic E-state index is 5.90. The molecule has 4 rings (SSSR count). The van der Waals surface area contributed by atoms with Crippen LogP contribution in [0.15, 0.2) is 91.3 Å². The van der Waals surface area contributed by atoms with Crippen LogP contribution in [0.2, 0.25) is 5.02 Å². The van der Waals surface area contributed by atoms with E-state index >= 15 is 0 Å². The fourth-order valence-electron chi connectivity index (χ4n) is 2.60. The zero-order valence-electron chi connectivity index (χ0n) is 14.3. The molecular weight excluding hydrogens is 358 g/mol. The van der Waals surface area contributed by atoms with E-state index in [4.69, 9.17) is 16.3 Å². The second-order valence-corrected chi connectivity index (χ2v) is 6.29. The summed E-state index contributed by atoms with van der Waals surface area (Å²) in [6, 6.07) is 24.9. The van der Waals surface area contributed by atoms with Gasteiger partial charge in [-0.15, -0.1) is 0 Å². The summed E-state index contributed by atoms with van der Waals surface area (Å²) >= 11 is 5.90. The molecule has 1 N–H and O–H groups in total. The molecule has 4 aromatic rings. The number of hydrogen-bond acceptors (Lipinski definition) is 4. The average Bonchev–Trinajstić information content (AvgIpc) is 2.71. The molecule has 0 spiro atoms. The Kier molecular flexibility index (Phi) is 4.99.